The smallest absolute Gasteiger partial charge is 0.336 e. The first-order valence-electron chi connectivity index (χ1n) is 4.74. The molecule has 0 fully saturated rings. The lowest BCUT2D eigenvalue weighted by Crippen LogP contribution is -2.05. The van der Waals surface area contributed by atoms with Crippen LogP contribution in [0.4, 0.5) is 0 Å². The molecule has 0 aromatic heterocycles. The van der Waals surface area contributed by atoms with Gasteiger partial charge in [-0.3, -0.25) is 0 Å². The second-order valence-corrected chi connectivity index (χ2v) is 3.61. The molecule has 72 valence electrons. The number of fused-ring (bicyclic) bond motifs is 3. The van der Waals surface area contributed by atoms with Crippen LogP contribution in [0.15, 0.2) is 30.3 Å². The Balaban J connectivity index is 2.44. The molecular formula is C13H8O2. The maximum atomic E-state index is 11.0. The maximum absolute atomic E-state index is 11.0. The van der Waals surface area contributed by atoms with E-state index in [2.05, 4.69) is 0 Å². The first kappa shape index (κ1) is 8.24. The van der Waals surface area contributed by atoms with Gasteiger partial charge in [0.25, 0.3) is 0 Å². The van der Waals surface area contributed by atoms with E-state index in [4.69, 9.17) is 5.11 Å². The first-order valence-corrected chi connectivity index (χ1v) is 4.74. The van der Waals surface area contributed by atoms with Gasteiger partial charge >= 0.3 is 5.97 Å². The summed E-state index contributed by atoms with van der Waals surface area (Å²) in [4.78, 5) is 11.0. The molecule has 0 bridgehead atoms. The highest BCUT2D eigenvalue weighted by atomic mass is 16.4. The highest BCUT2D eigenvalue weighted by molar-refractivity contribution is 6.09. The molecule has 0 radical (unpaired) electrons. The van der Waals surface area contributed by atoms with Gasteiger partial charge in [-0.25, -0.2) is 4.79 Å². The molecule has 2 nitrogen and oxygen atoms in total. The number of carboxylic acids is 1. The van der Waals surface area contributed by atoms with Gasteiger partial charge in [-0.15, -0.1) is 0 Å². The van der Waals surface area contributed by atoms with E-state index in [1.807, 2.05) is 36.4 Å². The van der Waals surface area contributed by atoms with E-state index in [1.165, 1.54) is 0 Å². The molecule has 2 aromatic rings. The van der Waals surface area contributed by atoms with Gasteiger partial charge in [0.2, 0.25) is 0 Å². The van der Waals surface area contributed by atoms with E-state index in [-0.39, 0.29) is 0 Å². The van der Waals surface area contributed by atoms with Gasteiger partial charge in [-0.2, -0.15) is 0 Å². The fraction of sp³-hybridized carbons (Fsp3) is 0. The van der Waals surface area contributed by atoms with E-state index < -0.39 is 5.97 Å². The largest absolute Gasteiger partial charge is 0.478 e. The van der Waals surface area contributed by atoms with Crippen LogP contribution in [0.1, 0.15) is 21.5 Å². The molecule has 1 aliphatic carbocycles. The van der Waals surface area contributed by atoms with Gasteiger partial charge in [0.15, 0.2) is 0 Å². The molecule has 0 atom stereocenters. The molecule has 0 spiro atoms. The Morgan fingerprint density at radius 1 is 1.07 bits per heavy atom. The molecule has 1 N–H and O–H groups in total. The maximum Gasteiger partial charge on any atom is 0.336 e. The summed E-state index contributed by atoms with van der Waals surface area (Å²) in [6.07, 6.45) is 3.81. The average molecular weight is 196 g/mol. The topological polar surface area (TPSA) is 37.3 Å². The van der Waals surface area contributed by atoms with Gasteiger partial charge in [0.05, 0.1) is 5.56 Å². The van der Waals surface area contributed by atoms with Crippen molar-refractivity contribution in [2.75, 3.05) is 0 Å². The molecular weight excluding hydrogens is 188 g/mol. The van der Waals surface area contributed by atoms with Crippen LogP contribution < -0.4 is 0 Å². The van der Waals surface area contributed by atoms with E-state index in [0.29, 0.717) is 5.56 Å². The van der Waals surface area contributed by atoms with Crippen LogP contribution in [0.25, 0.3) is 22.9 Å². The Morgan fingerprint density at radius 2 is 1.80 bits per heavy atom. The van der Waals surface area contributed by atoms with Crippen molar-refractivity contribution in [2.24, 2.45) is 0 Å². The molecule has 0 amide bonds. The average Bonchev–Trinajstić information content (AvgIpc) is 2.16. The lowest BCUT2D eigenvalue weighted by molar-refractivity contribution is 0.0697. The Bertz CT molecular complexity index is 609. The van der Waals surface area contributed by atoms with E-state index in [0.717, 1.165) is 21.9 Å². The van der Waals surface area contributed by atoms with Gasteiger partial charge < -0.3 is 5.11 Å². The third-order valence-corrected chi connectivity index (χ3v) is 2.78. The van der Waals surface area contributed by atoms with Crippen molar-refractivity contribution >= 4 is 28.9 Å². The summed E-state index contributed by atoms with van der Waals surface area (Å²) in [6.45, 7) is 0. The number of benzene rings is 2. The van der Waals surface area contributed by atoms with Gasteiger partial charge in [0, 0.05) is 0 Å². The second kappa shape index (κ2) is 2.70. The van der Waals surface area contributed by atoms with Crippen molar-refractivity contribution in [2.45, 2.75) is 0 Å². The van der Waals surface area contributed by atoms with Gasteiger partial charge in [-0.1, -0.05) is 36.4 Å². The number of aromatic carboxylic acids is 1. The summed E-state index contributed by atoms with van der Waals surface area (Å²) in [5.74, 6) is -0.860. The molecule has 0 saturated heterocycles. The zero-order valence-corrected chi connectivity index (χ0v) is 7.90. The van der Waals surface area contributed by atoms with E-state index in [1.54, 1.807) is 6.07 Å². The molecule has 0 saturated carbocycles. The monoisotopic (exact) mass is 196 g/mol. The summed E-state index contributed by atoms with van der Waals surface area (Å²) in [5, 5.41) is 11.2. The molecule has 0 unspecified atom stereocenters. The van der Waals surface area contributed by atoms with Crippen LogP contribution in [-0.4, -0.2) is 11.1 Å². The summed E-state index contributed by atoms with van der Waals surface area (Å²) < 4.78 is 0. The fourth-order valence-electron chi connectivity index (χ4n) is 2.00. The number of rotatable bonds is 1. The summed E-state index contributed by atoms with van der Waals surface area (Å²) in [5.41, 5.74) is 2.29. The Hall–Kier alpha value is -2.09. The van der Waals surface area contributed by atoms with Crippen molar-refractivity contribution in [3.63, 3.8) is 0 Å². The Morgan fingerprint density at radius 3 is 2.47 bits per heavy atom. The van der Waals surface area contributed by atoms with Crippen LogP contribution in [0.2, 0.25) is 0 Å². The lowest BCUT2D eigenvalue weighted by atomic mass is 9.87. The van der Waals surface area contributed by atoms with Crippen LogP contribution in [0.5, 0.6) is 0 Å². The summed E-state index contributed by atoms with van der Waals surface area (Å²) in [6, 6.07) is 9.58. The van der Waals surface area contributed by atoms with Crippen LogP contribution >= 0.6 is 0 Å². The highest BCUT2D eigenvalue weighted by Gasteiger charge is 2.18. The minimum absolute atomic E-state index is 0.395. The molecule has 2 heteroatoms. The minimum Gasteiger partial charge on any atom is -0.478 e. The Kier molecular flexibility index (Phi) is 1.48. The van der Waals surface area contributed by atoms with Gasteiger partial charge in [-0.05, 0) is 28.0 Å². The number of carbonyl (C=O) groups is 1. The minimum atomic E-state index is -0.860. The SMILES string of the molecule is O=C(O)c1cc2ccccc2c2c1C=C2. The fourth-order valence-corrected chi connectivity index (χ4v) is 2.00. The predicted molar refractivity (Wildman–Crippen MR) is 59.8 cm³/mol. The van der Waals surface area contributed by atoms with Crippen molar-refractivity contribution in [1.82, 2.24) is 0 Å². The van der Waals surface area contributed by atoms with E-state index in [9.17, 15) is 4.79 Å². The summed E-state index contributed by atoms with van der Waals surface area (Å²) >= 11 is 0. The second-order valence-electron chi connectivity index (χ2n) is 3.61. The molecule has 2 aromatic carbocycles. The van der Waals surface area contributed by atoms with Crippen molar-refractivity contribution < 1.29 is 9.90 Å². The molecule has 0 heterocycles. The molecule has 1 aliphatic rings. The van der Waals surface area contributed by atoms with E-state index >= 15 is 0 Å². The molecule has 15 heavy (non-hydrogen) atoms. The van der Waals surface area contributed by atoms with Crippen LogP contribution in [-0.2, 0) is 0 Å². The quantitative estimate of drug-likeness (QED) is 0.649. The number of hydrogen-bond donors (Lipinski definition) is 1. The highest BCUT2D eigenvalue weighted by Crippen LogP contribution is 2.34. The van der Waals surface area contributed by atoms with Gasteiger partial charge in [0.1, 0.15) is 0 Å². The Labute approximate surface area is 86.5 Å². The third kappa shape index (κ3) is 1.02. The van der Waals surface area contributed by atoms with Crippen molar-refractivity contribution in [3.8, 4) is 0 Å². The van der Waals surface area contributed by atoms with Crippen LogP contribution in [0, 0.1) is 0 Å². The molecule has 3 rings (SSSR count). The normalized spacial score (nSPS) is 12.3. The zero-order chi connectivity index (χ0) is 10.4. The molecule has 0 aliphatic heterocycles. The van der Waals surface area contributed by atoms with Crippen molar-refractivity contribution in [1.29, 1.82) is 0 Å². The predicted octanol–water partition coefficient (Wildman–Crippen LogP) is 3.02. The van der Waals surface area contributed by atoms with Crippen LogP contribution in [0.3, 0.4) is 0 Å². The zero-order valence-electron chi connectivity index (χ0n) is 7.90. The first-order chi connectivity index (χ1) is 7.27. The standard InChI is InChI=1S/C13H8O2/c14-13(15)12-7-8-3-1-2-4-9(8)10-5-6-11(10)12/h1-7H,(H,14,15). The third-order valence-electron chi connectivity index (χ3n) is 2.78. The summed E-state index contributed by atoms with van der Waals surface area (Å²) in [7, 11) is 0. The number of carboxylic acid groups (broad SMARTS) is 1. The lowest BCUT2D eigenvalue weighted by Gasteiger charge is -2.16. The van der Waals surface area contributed by atoms with Crippen molar-refractivity contribution in [3.05, 3.63) is 47.0 Å². The number of hydrogen-bond acceptors (Lipinski definition) is 1.